The Morgan fingerprint density at radius 1 is 1.18 bits per heavy atom. The van der Waals surface area contributed by atoms with E-state index in [1.165, 1.54) is 11.1 Å². The second-order valence-corrected chi connectivity index (χ2v) is 7.01. The van der Waals surface area contributed by atoms with E-state index in [0.29, 0.717) is 0 Å². The SMILES string of the molecule is CN=C(NCCC1=CCOCC1)N1CCN(C/C=C/c2ccccc2)CC1.I. The Kier molecular flexibility index (Phi) is 10.6. The van der Waals surface area contributed by atoms with Crippen LogP contribution in [0.2, 0.25) is 0 Å². The number of ether oxygens (including phenoxy) is 1. The van der Waals surface area contributed by atoms with Crippen molar-refractivity contribution in [3.8, 4) is 0 Å². The molecule has 2 heterocycles. The molecule has 0 aliphatic carbocycles. The average molecular weight is 496 g/mol. The minimum Gasteiger partial charge on any atom is -0.377 e. The van der Waals surface area contributed by atoms with Crippen molar-refractivity contribution in [2.24, 2.45) is 4.99 Å². The smallest absolute Gasteiger partial charge is 0.193 e. The maximum atomic E-state index is 5.37. The summed E-state index contributed by atoms with van der Waals surface area (Å²) in [5.41, 5.74) is 2.76. The van der Waals surface area contributed by atoms with Gasteiger partial charge in [0.25, 0.3) is 0 Å². The molecule has 1 N–H and O–H groups in total. The van der Waals surface area contributed by atoms with E-state index in [4.69, 9.17) is 4.74 Å². The molecule has 3 rings (SSSR count). The summed E-state index contributed by atoms with van der Waals surface area (Å²) >= 11 is 0. The molecule has 28 heavy (non-hydrogen) atoms. The summed E-state index contributed by atoms with van der Waals surface area (Å²) < 4.78 is 5.37. The average Bonchev–Trinajstić information content (AvgIpc) is 2.73. The van der Waals surface area contributed by atoms with Gasteiger partial charge in [-0.1, -0.05) is 54.1 Å². The highest BCUT2D eigenvalue weighted by Crippen LogP contribution is 2.11. The lowest BCUT2D eigenvalue weighted by Crippen LogP contribution is -2.52. The van der Waals surface area contributed by atoms with Crippen molar-refractivity contribution in [2.75, 3.05) is 59.5 Å². The molecule has 0 saturated carbocycles. The van der Waals surface area contributed by atoms with E-state index in [2.05, 4.69) is 68.7 Å². The van der Waals surface area contributed by atoms with Gasteiger partial charge in [0, 0.05) is 46.3 Å². The molecule has 1 saturated heterocycles. The number of halogens is 1. The summed E-state index contributed by atoms with van der Waals surface area (Å²) in [7, 11) is 1.88. The number of hydrogen-bond acceptors (Lipinski definition) is 3. The Hall–Kier alpha value is -1.38. The second-order valence-electron chi connectivity index (χ2n) is 7.01. The van der Waals surface area contributed by atoms with Crippen LogP contribution >= 0.6 is 24.0 Å². The van der Waals surface area contributed by atoms with Crippen LogP contribution in [-0.4, -0.2) is 75.3 Å². The molecule has 5 nitrogen and oxygen atoms in total. The molecule has 0 amide bonds. The fourth-order valence-corrected chi connectivity index (χ4v) is 3.50. The van der Waals surface area contributed by atoms with E-state index in [-0.39, 0.29) is 24.0 Å². The zero-order chi connectivity index (χ0) is 18.7. The van der Waals surface area contributed by atoms with Gasteiger partial charge in [0.15, 0.2) is 5.96 Å². The summed E-state index contributed by atoms with van der Waals surface area (Å²) in [6, 6.07) is 10.5. The first-order valence-corrected chi connectivity index (χ1v) is 10.0. The van der Waals surface area contributed by atoms with E-state index < -0.39 is 0 Å². The third-order valence-corrected chi connectivity index (χ3v) is 5.14. The first-order valence-electron chi connectivity index (χ1n) is 10.0. The number of rotatable bonds is 6. The Bertz CT molecular complexity index is 652. The highest BCUT2D eigenvalue weighted by Gasteiger charge is 2.18. The third-order valence-electron chi connectivity index (χ3n) is 5.14. The number of guanidine groups is 1. The van der Waals surface area contributed by atoms with E-state index >= 15 is 0 Å². The topological polar surface area (TPSA) is 40.1 Å². The number of piperazine rings is 1. The van der Waals surface area contributed by atoms with Crippen LogP contribution in [0.3, 0.4) is 0 Å². The van der Waals surface area contributed by atoms with Gasteiger partial charge in [-0.3, -0.25) is 9.89 Å². The van der Waals surface area contributed by atoms with E-state index in [1.807, 2.05) is 7.05 Å². The molecular weight excluding hydrogens is 463 g/mol. The molecule has 0 atom stereocenters. The summed E-state index contributed by atoms with van der Waals surface area (Å²) in [6.07, 6.45) is 8.83. The largest absolute Gasteiger partial charge is 0.377 e. The van der Waals surface area contributed by atoms with Crippen molar-refractivity contribution in [3.05, 3.63) is 53.6 Å². The molecule has 6 heteroatoms. The van der Waals surface area contributed by atoms with Gasteiger partial charge in [0.1, 0.15) is 0 Å². The minimum absolute atomic E-state index is 0. The monoisotopic (exact) mass is 496 g/mol. The molecule has 0 bridgehead atoms. The van der Waals surface area contributed by atoms with Crippen molar-refractivity contribution >= 4 is 36.0 Å². The second kappa shape index (κ2) is 13.0. The maximum Gasteiger partial charge on any atom is 0.193 e. The minimum atomic E-state index is 0. The van der Waals surface area contributed by atoms with Crippen LogP contribution < -0.4 is 5.32 Å². The Labute approximate surface area is 186 Å². The summed E-state index contributed by atoms with van der Waals surface area (Å²) in [5.74, 6) is 1.03. The van der Waals surface area contributed by atoms with Gasteiger partial charge < -0.3 is 15.0 Å². The zero-order valence-electron chi connectivity index (χ0n) is 16.8. The molecule has 1 fully saturated rings. The third kappa shape index (κ3) is 7.56. The zero-order valence-corrected chi connectivity index (χ0v) is 19.2. The van der Waals surface area contributed by atoms with Crippen LogP contribution in [0.1, 0.15) is 18.4 Å². The molecule has 1 aromatic carbocycles. The van der Waals surface area contributed by atoms with Crippen molar-refractivity contribution in [2.45, 2.75) is 12.8 Å². The van der Waals surface area contributed by atoms with E-state index in [0.717, 1.165) is 71.3 Å². The van der Waals surface area contributed by atoms with E-state index in [9.17, 15) is 0 Å². The maximum absolute atomic E-state index is 5.37. The van der Waals surface area contributed by atoms with Gasteiger partial charge in [-0.25, -0.2) is 0 Å². The van der Waals surface area contributed by atoms with Crippen LogP contribution in [0, 0.1) is 0 Å². The highest BCUT2D eigenvalue weighted by atomic mass is 127. The Balaban J connectivity index is 0.00000280. The van der Waals surface area contributed by atoms with Gasteiger partial charge in [-0.2, -0.15) is 0 Å². The molecule has 2 aliphatic rings. The first-order chi connectivity index (χ1) is 13.3. The molecular formula is C22H33IN4O. The molecule has 0 aromatic heterocycles. The lowest BCUT2D eigenvalue weighted by atomic mass is 10.1. The summed E-state index contributed by atoms with van der Waals surface area (Å²) in [6.45, 7) is 7.77. The molecule has 0 spiro atoms. The van der Waals surface area contributed by atoms with Crippen molar-refractivity contribution in [1.82, 2.24) is 15.1 Å². The standard InChI is InChI=1S/C22H32N4O.HI/c1-23-22(24-12-9-21-10-18-27-19-11-21)26-16-14-25(15-17-26)13-5-8-20-6-3-2-4-7-20;/h2-8,10H,9,11-19H2,1H3,(H,23,24);1H/b8-5+;. The van der Waals surface area contributed by atoms with Crippen LogP contribution in [0.4, 0.5) is 0 Å². The van der Waals surface area contributed by atoms with Gasteiger partial charge in [-0.05, 0) is 18.4 Å². The van der Waals surface area contributed by atoms with Crippen molar-refractivity contribution < 1.29 is 4.74 Å². The predicted octanol–water partition coefficient (Wildman–Crippen LogP) is 3.25. The van der Waals surface area contributed by atoms with Crippen LogP contribution in [0.25, 0.3) is 6.08 Å². The number of aliphatic imine (C=N–C) groups is 1. The Morgan fingerprint density at radius 2 is 1.96 bits per heavy atom. The van der Waals surface area contributed by atoms with E-state index in [1.54, 1.807) is 0 Å². The molecule has 0 unspecified atom stereocenters. The van der Waals surface area contributed by atoms with Gasteiger partial charge in [0.2, 0.25) is 0 Å². The quantitative estimate of drug-likeness (QED) is 0.284. The lowest BCUT2D eigenvalue weighted by molar-refractivity contribution is 0.153. The number of nitrogens with one attached hydrogen (secondary N) is 1. The fourth-order valence-electron chi connectivity index (χ4n) is 3.50. The molecule has 2 aliphatic heterocycles. The number of benzene rings is 1. The molecule has 154 valence electrons. The number of hydrogen-bond donors (Lipinski definition) is 1. The normalized spacial score (nSPS) is 18.7. The molecule has 0 radical (unpaired) electrons. The van der Waals surface area contributed by atoms with Crippen LogP contribution in [0.5, 0.6) is 0 Å². The van der Waals surface area contributed by atoms with Crippen LogP contribution in [0.15, 0.2) is 53.0 Å². The Morgan fingerprint density at radius 3 is 2.64 bits per heavy atom. The highest BCUT2D eigenvalue weighted by molar-refractivity contribution is 14.0. The predicted molar refractivity (Wildman–Crippen MR) is 128 cm³/mol. The number of nitrogens with zero attached hydrogens (tertiary/aromatic N) is 3. The fraction of sp³-hybridized carbons (Fsp3) is 0.500. The van der Waals surface area contributed by atoms with Crippen LogP contribution in [-0.2, 0) is 4.74 Å². The van der Waals surface area contributed by atoms with Gasteiger partial charge in [-0.15, -0.1) is 24.0 Å². The van der Waals surface area contributed by atoms with Gasteiger partial charge in [0.05, 0.1) is 13.2 Å². The lowest BCUT2D eigenvalue weighted by Gasteiger charge is -2.36. The van der Waals surface area contributed by atoms with Gasteiger partial charge >= 0.3 is 0 Å². The summed E-state index contributed by atoms with van der Waals surface area (Å²) in [4.78, 5) is 9.34. The van der Waals surface area contributed by atoms with Crippen molar-refractivity contribution in [3.63, 3.8) is 0 Å². The first kappa shape index (κ1) is 22.9. The summed E-state index contributed by atoms with van der Waals surface area (Å²) in [5, 5.41) is 3.53. The van der Waals surface area contributed by atoms with Crippen molar-refractivity contribution in [1.29, 1.82) is 0 Å². The molecule has 1 aromatic rings.